The van der Waals surface area contributed by atoms with Crippen LogP contribution in [0.2, 0.25) is 0 Å². The van der Waals surface area contributed by atoms with Crippen molar-refractivity contribution >= 4 is 0 Å². The molecule has 0 saturated heterocycles. The molecule has 0 radical (unpaired) electrons. The number of hydrogen-bond donors (Lipinski definition) is 0. The van der Waals surface area contributed by atoms with Crippen LogP contribution >= 0.6 is 0 Å². The highest BCUT2D eigenvalue weighted by atomic mass is 16.5. The molecule has 1 atom stereocenters. The van der Waals surface area contributed by atoms with Crippen LogP contribution in [-0.2, 0) is 4.74 Å². The van der Waals surface area contributed by atoms with Crippen LogP contribution < -0.4 is 0 Å². The molecule has 0 amide bonds. The zero-order valence-electron chi connectivity index (χ0n) is 6.98. The number of rotatable bonds is 4. The summed E-state index contributed by atoms with van der Waals surface area (Å²) >= 11 is 0. The van der Waals surface area contributed by atoms with Crippen LogP contribution in [0, 0.1) is 5.92 Å². The molecule has 0 bridgehead atoms. The molecule has 1 heteroatoms. The Morgan fingerprint density at radius 2 is 1.78 bits per heavy atom. The molecule has 1 nitrogen and oxygen atoms in total. The topological polar surface area (TPSA) is 9.23 Å². The van der Waals surface area contributed by atoms with Gasteiger partial charge in [-0.3, -0.25) is 0 Å². The lowest BCUT2D eigenvalue weighted by Crippen LogP contribution is -2.09. The summed E-state index contributed by atoms with van der Waals surface area (Å²) < 4.78 is 5.39. The Hall–Kier alpha value is -0.0400. The summed E-state index contributed by atoms with van der Waals surface area (Å²) in [5.74, 6) is 0.715. The van der Waals surface area contributed by atoms with Gasteiger partial charge in [-0.05, 0) is 19.8 Å². The van der Waals surface area contributed by atoms with E-state index >= 15 is 0 Å². The maximum atomic E-state index is 5.39. The zero-order chi connectivity index (χ0) is 7.28. The molecular formula is C8H18O. The Kier molecular flexibility index (Phi) is 4.78. The smallest absolute Gasteiger partial charge is 0.0519 e. The van der Waals surface area contributed by atoms with Crippen molar-refractivity contribution < 1.29 is 4.74 Å². The quantitative estimate of drug-likeness (QED) is 0.568. The number of hydrogen-bond acceptors (Lipinski definition) is 1. The number of ether oxygens (including phenoxy) is 1. The molecule has 0 heterocycles. The molecule has 0 aliphatic rings. The average Bonchev–Trinajstić information content (AvgIpc) is 1.83. The molecule has 56 valence electrons. The van der Waals surface area contributed by atoms with E-state index in [9.17, 15) is 0 Å². The van der Waals surface area contributed by atoms with Crippen LogP contribution in [0.15, 0.2) is 0 Å². The van der Waals surface area contributed by atoms with Crippen molar-refractivity contribution in [3.63, 3.8) is 0 Å². The lowest BCUT2D eigenvalue weighted by atomic mass is 10.1. The Balaban J connectivity index is 3.06. The summed E-state index contributed by atoms with van der Waals surface area (Å²) in [6, 6.07) is 0. The highest BCUT2D eigenvalue weighted by Crippen LogP contribution is 2.02. The van der Waals surface area contributed by atoms with Crippen LogP contribution in [0.4, 0.5) is 0 Å². The van der Waals surface area contributed by atoms with Gasteiger partial charge in [0, 0.05) is 6.61 Å². The van der Waals surface area contributed by atoms with Gasteiger partial charge in [-0.1, -0.05) is 20.3 Å². The van der Waals surface area contributed by atoms with Crippen LogP contribution in [-0.4, -0.2) is 12.7 Å². The minimum Gasteiger partial charge on any atom is -0.379 e. The summed E-state index contributed by atoms with van der Waals surface area (Å²) in [5, 5.41) is 0. The second-order valence-corrected chi connectivity index (χ2v) is 2.90. The second kappa shape index (κ2) is 4.80. The first kappa shape index (κ1) is 8.96. The first-order valence-corrected chi connectivity index (χ1v) is 3.78. The minimum absolute atomic E-state index is 0.388. The fourth-order valence-electron chi connectivity index (χ4n) is 0.475. The second-order valence-electron chi connectivity index (χ2n) is 2.90. The first-order valence-electron chi connectivity index (χ1n) is 3.78. The van der Waals surface area contributed by atoms with E-state index in [0.717, 1.165) is 6.61 Å². The lowest BCUT2D eigenvalue weighted by molar-refractivity contribution is 0.0545. The third kappa shape index (κ3) is 5.84. The van der Waals surface area contributed by atoms with E-state index in [0.29, 0.717) is 12.0 Å². The van der Waals surface area contributed by atoms with E-state index in [1.165, 1.54) is 6.42 Å². The maximum Gasteiger partial charge on any atom is 0.0519 e. The largest absolute Gasteiger partial charge is 0.379 e. The first-order chi connectivity index (χ1) is 4.16. The van der Waals surface area contributed by atoms with Gasteiger partial charge in [0.15, 0.2) is 0 Å². The zero-order valence-corrected chi connectivity index (χ0v) is 6.98. The van der Waals surface area contributed by atoms with Crippen LogP contribution in [0.25, 0.3) is 0 Å². The van der Waals surface area contributed by atoms with Gasteiger partial charge in [0.05, 0.1) is 6.10 Å². The molecule has 1 unspecified atom stereocenters. The predicted octanol–water partition coefficient (Wildman–Crippen LogP) is 2.46. The van der Waals surface area contributed by atoms with Gasteiger partial charge < -0.3 is 4.74 Å². The average molecular weight is 130 g/mol. The molecule has 0 aliphatic heterocycles. The Morgan fingerprint density at radius 3 is 2.11 bits per heavy atom. The van der Waals surface area contributed by atoms with Crippen molar-refractivity contribution in [3.8, 4) is 0 Å². The summed E-state index contributed by atoms with van der Waals surface area (Å²) in [6.45, 7) is 9.45. The van der Waals surface area contributed by atoms with Crippen LogP contribution in [0.5, 0.6) is 0 Å². The van der Waals surface area contributed by atoms with E-state index in [4.69, 9.17) is 4.74 Å². The molecule has 0 aromatic rings. The molecule has 0 rings (SSSR count). The van der Waals surface area contributed by atoms with Crippen molar-refractivity contribution in [2.24, 2.45) is 5.92 Å². The molecular weight excluding hydrogens is 112 g/mol. The normalized spacial score (nSPS) is 14.3. The SMILES string of the molecule is CCC(C)COC(C)C. The maximum absolute atomic E-state index is 5.39. The van der Waals surface area contributed by atoms with Crippen molar-refractivity contribution in [3.05, 3.63) is 0 Å². The van der Waals surface area contributed by atoms with E-state index in [1.54, 1.807) is 0 Å². The molecule has 0 aromatic heterocycles. The minimum atomic E-state index is 0.388. The molecule has 0 saturated carbocycles. The van der Waals surface area contributed by atoms with Gasteiger partial charge >= 0.3 is 0 Å². The summed E-state index contributed by atoms with van der Waals surface area (Å²) in [7, 11) is 0. The third-order valence-corrected chi connectivity index (χ3v) is 1.41. The summed E-state index contributed by atoms with van der Waals surface area (Å²) in [4.78, 5) is 0. The fraction of sp³-hybridized carbons (Fsp3) is 1.00. The van der Waals surface area contributed by atoms with E-state index in [2.05, 4.69) is 27.7 Å². The highest BCUT2D eigenvalue weighted by Gasteiger charge is 1.99. The van der Waals surface area contributed by atoms with Gasteiger partial charge in [-0.25, -0.2) is 0 Å². The molecule has 9 heavy (non-hydrogen) atoms. The molecule has 0 spiro atoms. The summed E-state index contributed by atoms with van der Waals surface area (Å²) in [6.07, 6.45) is 1.60. The van der Waals surface area contributed by atoms with Crippen molar-refractivity contribution in [1.82, 2.24) is 0 Å². The van der Waals surface area contributed by atoms with Crippen LogP contribution in [0.1, 0.15) is 34.1 Å². The van der Waals surface area contributed by atoms with Gasteiger partial charge in [-0.15, -0.1) is 0 Å². The van der Waals surface area contributed by atoms with Crippen molar-refractivity contribution in [2.75, 3.05) is 6.61 Å². The molecule has 0 N–H and O–H groups in total. The molecule has 0 aromatic carbocycles. The van der Waals surface area contributed by atoms with Crippen molar-refractivity contribution in [2.45, 2.75) is 40.2 Å². The fourth-order valence-corrected chi connectivity index (χ4v) is 0.475. The Bertz CT molecular complexity index is 59.6. The molecule has 0 aliphatic carbocycles. The van der Waals surface area contributed by atoms with Crippen LogP contribution in [0.3, 0.4) is 0 Å². The van der Waals surface area contributed by atoms with Crippen molar-refractivity contribution in [1.29, 1.82) is 0 Å². The predicted molar refractivity (Wildman–Crippen MR) is 40.5 cm³/mol. The van der Waals surface area contributed by atoms with E-state index in [1.807, 2.05) is 0 Å². The monoisotopic (exact) mass is 130 g/mol. The molecule has 0 fully saturated rings. The highest BCUT2D eigenvalue weighted by molar-refractivity contribution is 4.47. The van der Waals surface area contributed by atoms with Gasteiger partial charge in [0.25, 0.3) is 0 Å². The third-order valence-electron chi connectivity index (χ3n) is 1.41. The van der Waals surface area contributed by atoms with E-state index < -0.39 is 0 Å². The van der Waals surface area contributed by atoms with Gasteiger partial charge in [0.2, 0.25) is 0 Å². The Morgan fingerprint density at radius 1 is 1.22 bits per heavy atom. The lowest BCUT2D eigenvalue weighted by Gasteiger charge is -2.11. The Labute approximate surface area is 58.4 Å². The standard InChI is InChI=1S/C8H18O/c1-5-8(4)6-9-7(2)3/h7-8H,5-6H2,1-4H3. The summed E-state index contributed by atoms with van der Waals surface area (Å²) in [5.41, 5.74) is 0. The van der Waals surface area contributed by atoms with Gasteiger partial charge in [-0.2, -0.15) is 0 Å². The van der Waals surface area contributed by atoms with E-state index in [-0.39, 0.29) is 0 Å². The van der Waals surface area contributed by atoms with Gasteiger partial charge in [0.1, 0.15) is 0 Å².